The number of non-ortho nitro benzene ring substituents is 1. The van der Waals surface area contributed by atoms with E-state index in [0.717, 1.165) is 5.56 Å². The molecule has 0 saturated heterocycles. The zero-order valence-corrected chi connectivity index (χ0v) is 20.7. The molecular weight excluding hydrogens is 494 g/mol. The second kappa shape index (κ2) is 9.82. The van der Waals surface area contributed by atoms with Crippen molar-refractivity contribution in [1.29, 1.82) is 0 Å². The Balaban J connectivity index is 1.61. The van der Waals surface area contributed by atoms with Gasteiger partial charge in [-0.1, -0.05) is 48.6 Å². The molecule has 1 aliphatic rings. The number of hydrogen-bond acceptors (Lipinski definition) is 8. The molecule has 4 aromatic rings. The first-order valence-corrected chi connectivity index (χ1v) is 12.3. The SMILES string of the molecule is CCC1=C(C(=O)OC)[C@@H](c2ccccc2)n2c(s/c(=C/c3ccc(-c4ccc([N+](=O)[O-])cc4)o3)c2=O)=N1. The lowest BCUT2D eigenvalue weighted by Crippen LogP contribution is -2.40. The zero-order chi connectivity index (χ0) is 26.1. The van der Waals surface area contributed by atoms with Crippen LogP contribution in [0.5, 0.6) is 0 Å². The van der Waals surface area contributed by atoms with Crippen LogP contribution in [0.25, 0.3) is 17.4 Å². The largest absolute Gasteiger partial charge is 0.466 e. The summed E-state index contributed by atoms with van der Waals surface area (Å²) in [5.41, 5.74) is 2.05. The van der Waals surface area contributed by atoms with E-state index in [-0.39, 0.29) is 11.2 Å². The van der Waals surface area contributed by atoms with Crippen LogP contribution in [0.3, 0.4) is 0 Å². The molecule has 0 fully saturated rings. The van der Waals surface area contributed by atoms with Crippen LogP contribution in [-0.2, 0) is 9.53 Å². The highest BCUT2D eigenvalue weighted by atomic mass is 32.1. The number of benzene rings is 2. The van der Waals surface area contributed by atoms with Crippen molar-refractivity contribution in [3.8, 4) is 11.3 Å². The van der Waals surface area contributed by atoms with Crippen molar-refractivity contribution in [1.82, 2.24) is 4.57 Å². The first-order chi connectivity index (χ1) is 17.9. The fourth-order valence-corrected chi connectivity index (χ4v) is 5.28. The predicted octanol–water partition coefficient (Wildman–Crippen LogP) is 3.97. The Morgan fingerprint density at radius 3 is 2.54 bits per heavy atom. The van der Waals surface area contributed by atoms with Crippen LogP contribution in [0.4, 0.5) is 5.69 Å². The maximum atomic E-state index is 13.6. The van der Waals surface area contributed by atoms with Crippen LogP contribution >= 0.6 is 11.3 Å². The fraction of sp³-hybridized carbons (Fsp3) is 0.148. The van der Waals surface area contributed by atoms with Gasteiger partial charge in [0.2, 0.25) is 0 Å². The van der Waals surface area contributed by atoms with Gasteiger partial charge in [-0.3, -0.25) is 19.5 Å². The minimum absolute atomic E-state index is 0.0117. The maximum absolute atomic E-state index is 13.6. The fourth-order valence-electron chi connectivity index (χ4n) is 4.28. The summed E-state index contributed by atoms with van der Waals surface area (Å²) in [5.74, 6) is 0.428. The second-order valence-corrected chi connectivity index (χ2v) is 9.21. The van der Waals surface area contributed by atoms with Gasteiger partial charge in [-0.15, -0.1) is 0 Å². The number of nitro groups is 1. The van der Waals surface area contributed by atoms with Gasteiger partial charge in [0.15, 0.2) is 4.80 Å². The molecule has 1 atom stereocenters. The highest BCUT2D eigenvalue weighted by Gasteiger charge is 2.33. The number of thiazole rings is 1. The molecule has 37 heavy (non-hydrogen) atoms. The lowest BCUT2D eigenvalue weighted by atomic mass is 9.95. The van der Waals surface area contributed by atoms with Crippen LogP contribution in [0.1, 0.15) is 30.7 Å². The number of nitro benzene ring substituents is 1. The van der Waals surface area contributed by atoms with Gasteiger partial charge in [-0.25, -0.2) is 9.79 Å². The Labute approximate surface area is 214 Å². The maximum Gasteiger partial charge on any atom is 0.338 e. The van der Waals surface area contributed by atoms with Crippen molar-refractivity contribution in [2.45, 2.75) is 19.4 Å². The number of fused-ring (bicyclic) bond motifs is 1. The van der Waals surface area contributed by atoms with E-state index in [4.69, 9.17) is 9.15 Å². The Bertz CT molecular complexity index is 1710. The lowest BCUT2D eigenvalue weighted by molar-refractivity contribution is -0.384. The summed E-state index contributed by atoms with van der Waals surface area (Å²) in [5, 5.41) is 10.9. The number of allylic oxidation sites excluding steroid dienone is 1. The molecule has 10 heteroatoms. The molecule has 0 N–H and O–H groups in total. The summed E-state index contributed by atoms with van der Waals surface area (Å²) in [6.07, 6.45) is 2.13. The van der Waals surface area contributed by atoms with Gasteiger partial charge in [-0.05, 0) is 36.2 Å². The van der Waals surface area contributed by atoms with Crippen LogP contribution in [0.15, 0.2) is 92.2 Å². The van der Waals surface area contributed by atoms with Gasteiger partial charge in [0.1, 0.15) is 11.5 Å². The minimum atomic E-state index is -0.672. The van der Waals surface area contributed by atoms with Gasteiger partial charge < -0.3 is 9.15 Å². The summed E-state index contributed by atoms with van der Waals surface area (Å²) >= 11 is 1.21. The zero-order valence-electron chi connectivity index (χ0n) is 19.9. The molecule has 5 rings (SSSR count). The van der Waals surface area contributed by atoms with Crippen molar-refractivity contribution >= 4 is 29.1 Å². The molecule has 0 radical (unpaired) electrons. The number of carbonyl (C=O) groups excluding carboxylic acids is 1. The first kappa shape index (κ1) is 24.1. The normalized spacial score (nSPS) is 15.3. The van der Waals surface area contributed by atoms with Crippen molar-refractivity contribution in [2.75, 3.05) is 7.11 Å². The molecule has 0 aliphatic carbocycles. The smallest absolute Gasteiger partial charge is 0.338 e. The molecule has 0 spiro atoms. The quantitative estimate of drug-likeness (QED) is 0.218. The van der Waals surface area contributed by atoms with E-state index < -0.39 is 16.9 Å². The summed E-state index contributed by atoms with van der Waals surface area (Å²) < 4.78 is 12.9. The van der Waals surface area contributed by atoms with E-state index in [1.54, 1.807) is 30.3 Å². The Morgan fingerprint density at radius 2 is 1.89 bits per heavy atom. The molecular formula is C27H21N3O6S. The van der Waals surface area contributed by atoms with E-state index in [1.807, 2.05) is 37.3 Å². The molecule has 9 nitrogen and oxygen atoms in total. The first-order valence-electron chi connectivity index (χ1n) is 11.4. The lowest BCUT2D eigenvalue weighted by Gasteiger charge is -2.25. The van der Waals surface area contributed by atoms with E-state index in [0.29, 0.717) is 44.1 Å². The molecule has 186 valence electrons. The van der Waals surface area contributed by atoms with Gasteiger partial charge in [0.25, 0.3) is 11.2 Å². The average Bonchev–Trinajstić information content (AvgIpc) is 3.52. The topological polar surface area (TPSA) is 117 Å². The summed E-state index contributed by atoms with van der Waals surface area (Å²) in [7, 11) is 1.31. The van der Waals surface area contributed by atoms with E-state index in [1.165, 1.54) is 35.1 Å². The molecule has 3 heterocycles. The summed E-state index contributed by atoms with van der Waals surface area (Å²) in [4.78, 5) is 42.0. The van der Waals surface area contributed by atoms with Crippen molar-refractivity contribution in [3.05, 3.63) is 119 Å². The number of furan rings is 1. The highest BCUT2D eigenvalue weighted by Crippen LogP contribution is 2.31. The number of esters is 1. The molecule has 0 saturated carbocycles. The number of carbonyl (C=O) groups is 1. The standard InChI is InChI=1S/C27H21N3O6S/c1-3-20-23(26(32)35-2)24(17-7-5-4-6-8-17)29-25(31)22(37-27(29)28-20)15-19-13-14-21(36-19)16-9-11-18(12-10-16)30(33)34/h4-15,24H,3H2,1-2H3/b22-15+/t24-/m1/s1. The van der Waals surface area contributed by atoms with Crippen LogP contribution in [0, 0.1) is 10.1 Å². The van der Waals surface area contributed by atoms with Gasteiger partial charge >= 0.3 is 5.97 Å². The van der Waals surface area contributed by atoms with E-state index in [2.05, 4.69) is 4.99 Å². The Morgan fingerprint density at radius 1 is 1.16 bits per heavy atom. The number of aromatic nitrogens is 1. The van der Waals surface area contributed by atoms with Gasteiger partial charge in [0.05, 0.1) is 33.9 Å². The number of rotatable bonds is 6. The number of hydrogen-bond donors (Lipinski definition) is 0. The van der Waals surface area contributed by atoms with Gasteiger partial charge in [0, 0.05) is 23.8 Å². The summed E-state index contributed by atoms with van der Waals surface area (Å²) in [6.45, 7) is 1.90. The average molecular weight is 516 g/mol. The molecule has 0 unspecified atom stereocenters. The van der Waals surface area contributed by atoms with Crippen molar-refractivity contribution < 1.29 is 18.9 Å². The van der Waals surface area contributed by atoms with Crippen LogP contribution in [0.2, 0.25) is 0 Å². The second-order valence-electron chi connectivity index (χ2n) is 8.20. The monoisotopic (exact) mass is 515 g/mol. The van der Waals surface area contributed by atoms with Crippen molar-refractivity contribution in [2.24, 2.45) is 4.99 Å². The number of ether oxygens (including phenoxy) is 1. The molecule has 2 aromatic heterocycles. The molecule has 1 aliphatic heterocycles. The molecule has 0 amide bonds. The van der Waals surface area contributed by atoms with Gasteiger partial charge in [-0.2, -0.15) is 0 Å². The minimum Gasteiger partial charge on any atom is -0.466 e. The van der Waals surface area contributed by atoms with E-state index >= 15 is 0 Å². The number of methoxy groups -OCH3 is 1. The highest BCUT2D eigenvalue weighted by molar-refractivity contribution is 7.07. The number of nitrogens with zero attached hydrogens (tertiary/aromatic N) is 3. The van der Waals surface area contributed by atoms with Crippen LogP contribution < -0.4 is 14.9 Å². The van der Waals surface area contributed by atoms with Crippen molar-refractivity contribution in [3.63, 3.8) is 0 Å². The molecule has 0 bridgehead atoms. The Hall–Kier alpha value is -4.57. The predicted molar refractivity (Wildman–Crippen MR) is 138 cm³/mol. The third kappa shape index (κ3) is 4.43. The third-order valence-electron chi connectivity index (χ3n) is 6.03. The Kier molecular flexibility index (Phi) is 6.41. The summed E-state index contributed by atoms with van der Waals surface area (Å²) in [6, 6.07) is 18.1. The molecule has 2 aromatic carbocycles. The van der Waals surface area contributed by atoms with E-state index in [9.17, 15) is 19.7 Å². The third-order valence-corrected chi connectivity index (χ3v) is 7.01. The van der Waals surface area contributed by atoms with Crippen LogP contribution in [-0.4, -0.2) is 22.6 Å².